The molecule has 0 saturated carbocycles. The van der Waals surface area contributed by atoms with E-state index in [-0.39, 0.29) is 11.8 Å². The van der Waals surface area contributed by atoms with Crippen molar-refractivity contribution < 1.29 is 4.79 Å². The fraction of sp³-hybridized carbons (Fsp3) is 0.200. The maximum absolute atomic E-state index is 12.1. The first-order chi connectivity index (χ1) is 17.0. The number of allylic oxidation sites excluding steroid dienone is 1. The van der Waals surface area contributed by atoms with Gasteiger partial charge < -0.3 is 21.3 Å². The molecule has 0 atom stereocenters. The zero-order chi connectivity index (χ0) is 24.6. The largest absolute Gasteiger partial charge is 0.326 e. The van der Waals surface area contributed by atoms with E-state index in [0.29, 0.717) is 29.1 Å². The molecule has 1 aliphatic rings. The highest BCUT2D eigenvalue weighted by atomic mass is 16.2. The zero-order valence-corrected chi connectivity index (χ0v) is 19.6. The number of nitrogens with one attached hydrogen (secondary N) is 4. The predicted octanol–water partition coefficient (Wildman–Crippen LogP) is 3.50. The number of anilines is 4. The summed E-state index contributed by atoms with van der Waals surface area (Å²) in [6, 6.07) is 14.8. The fourth-order valence-corrected chi connectivity index (χ4v) is 3.22. The number of amidine groups is 1. The summed E-state index contributed by atoms with van der Waals surface area (Å²) in [5.74, 6) is 1.98. The van der Waals surface area contributed by atoms with Crippen LogP contribution in [0, 0.1) is 12.8 Å². The van der Waals surface area contributed by atoms with E-state index < -0.39 is 0 Å². The van der Waals surface area contributed by atoms with Crippen LogP contribution in [0.5, 0.6) is 0 Å². The van der Waals surface area contributed by atoms with Crippen molar-refractivity contribution in [2.75, 3.05) is 29.0 Å². The number of hydrogen-bond donors (Lipinski definition) is 4. The Labute approximate surface area is 203 Å². The summed E-state index contributed by atoms with van der Waals surface area (Å²) in [6.07, 6.45) is 3.45. The minimum atomic E-state index is 0.0296. The van der Waals surface area contributed by atoms with Gasteiger partial charge in [0, 0.05) is 36.4 Å². The molecule has 1 aliphatic heterocycles. The Balaban J connectivity index is 1.41. The number of nitrogens with zero attached hydrogens (tertiary/aromatic N) is 5. The van der Waals surface area contributed by atoms with E-state index >= 15 is 0 Å². The molecule has 0 radical (unpaired) electrons. The second-order valence-corrected chi connectivity index (χ2v) is 7.87. The minimum absolute atomic E-state index is 0.0296. The number of amides is 1. The lowest BCUT2D eigenvalue weighted by molar-refractivity contribution is -0.121. The molecule has 1 amide bonds. The van der Waals surface area contributed by atoms with Crippen LogP contribution in [0.3, 0.4) is 0 Å². The van der Waals surface area contributed by atoms with Gasteiger partial charge in [-0.25, -0.2) is 20.0 Å². The average molecular weight is 470 g/mol. The molecule has 1 aromatic carbocycles. The number of aromatic nitrogens is 3. The Morgan fingerprint density at radius 1 is 1.09 bits per heavy atom. The summed E-state index contributed by atoms with van der Waals surface area (Å²) in [5.41, 5.74) is 3.04. The third-order valence-corrected chi connectivity index (χ3v) is 5.24. The van der Waals surface area contributed by atoms with Crippen molar-refractivity contribution in [3.8, 4) is 0 Å². The molecule has 0 spiro atoms. The highest BCUT2D eigenvalue weighted by molar-refractivity contribution is 6.00. The number of aryl methyl sites for hydroxylation is 1. The van der Waals surface area contributed by atoms with Crippen LogP contribution in [-0.4, -0.2) is 46.5 Å². The van der Waals surface area contributed by atoms with E-state index in [0.717, 1.165) is 30.2 Å². The van der Waals surface area contributed by atoms with E-state index in [9.17, 15) is 4.79 Å². The van der Waals surface area contributed by atoms with Gasteiger partial charge in [0.15, 0.2) is 5.84 Å². The maximum Gasteiger partial charge on any atom is 0.230 e. The quantitative estimate of drug-likeness (QED) is 0.294. The zero-order valence-electron chi connectivity index (χ0n) is 19.6. The SMILES string of the molecule is C=NC(=N/C(=C\C)Nc1ccnc(Nc2ccc(NC(=O)C3CNC3)cc2)n1)c1cccc(C)n1. The van der Waals surface area contributed by atoms with E-state index in [1.54, 1.807) is 12.3 Å². The summed E-state index contributed by atoms with van der Waals surface area (Å²) in [7, 11) is 0. The molecule has 0 aliphatic carbocycles. The molecule has 1 saturated heterocycles. The molecule has 3 aromatic rings. The Bertz CT molecular complexity index is 1260. The van der Waals surface area contributed by atoms with Gasteiger partial charge in [-0.1, -0.05) is 6.07 Å². The Morgan fingerprint density at radius 3 is 2.51 bits per heavy atom. The second kappa shape index (κ2) is 11.1. The molecule has 35 heavy (non-hydrogen) atoms. The molecular formula is C25H27N9O. The first-order valence-corrected chi connectivity index (χ1v) is 11.2. The summed E-state index contributed by atoms with van der Waals surface area (Å²) in [5, 5.41) is 12.4. The third kappa shape index (κ3) is 6.33. The molecule has 4 rings (SSSR count). The lowest BCUT2D eigenvalue weighted by atomic mass is 10.0. The number of benzene rings is 1. The van der Waals surface area contributed by atoms with Gasteiger partial charge >= 0.3 is 0 Å². The Morgan fingerprint density at radius 2 is 1.86 bits per heavy atom. The molecule has 10 nitrogen and oxygen atoms in total. The van der Waals surface area contributed by atoms with Gasteiger partial charge in [-0.2, -0.15) is 4.98 Å². The molecule has 4 N–H and O–H groups in total. The number of hydrogen-bond acceptors (Lipinski definition) is 8. The number of rotatable bonds is 8. The topological polar surface area (TPSA) is 129 Å². The summed E-state index contributed by atoms with van der Waals surface area (Å²) in [6.45, 7) is 8.84. The molecular weight excluding hydrogens is 442 g/mol. The van der Waals surface area contributed by atoms with Crippen LogP contribution in [0.4, 0.5) is 23.1 Å². The maximum atomic E-state index is 12.1. The molecule has 2 aromatic heterocycles. The minimum Gasteiger partial charge on any atom is -0.326 e. The highest BCUT2D eigenvalue weighted by Crippen LogP contribution is 2.19. The van der Waals surface area contributed by atoms with Crippen LogP contribution in [-0.2, 0) is 4.79 Å². The summed E-state index contributed by atoms with van der Waals surface area (Å²) >= 11 is 0. The van der Waals surface area contributed by atoms with Crippen molar-refractivity contribution >= 4 is 41.6 Å². The highest BCUT2D eigenvalue weighted by Gasteiger charge is 2.24. The first kappa shape index (κ1) is 23.7. The van der Waals surface area contributed by atoms with E-state index in [1.165, 1.54) is 0 Å². The molecule has 10 heteroatoms. The average Bonchev–Trinajstić information content (AvgIpc) is 2.82. The van der Waals surface area contributed by atoms with Crippen LogP contribution >= 0.6 is 0 Å². The van der Waals surface area contributed by atoms with Gasteiger partial charge in [0.2, 0.25) is 11.9 Å². The van der Waals surface area contributed by atoms with Crippen molar-refractivity contribution in [2.24, 2.45) is 15.9 Å². The number of carbonyl (C=O) groups is 1. The van der Waals surface area contributed by atoms with E-state index in [4.69, 9.17) is 0 Å². The number of carbonyl (C=O) groups excluding carboxylic acids is 1. The van der Waals surface area contributed by atoms with Crippen molar-refractivity contribution in [1.29, 1.82) is 0 Å². The van der Waals surface area contributed by atoms with Gasteiger partial charge in [-0.15, -0.1) is 0 Å². The fourth-order valence-electron chi connectivity index (χ4n) is 3.22. The molecule has 3 heterocycles. The van der Waals surface area contributed by atoms with Gasteiger partial charge in [-0.05, 0) is 69.1 Å². The van der Waals surface area contributed by atoms with Crippen LogP contribution in [0.1, 0.15) is 18.3 Å². The molecule has 0 unspecified atom stereocenters. The van der Waals surface area contributed by atoms with Crippen molar-refractivity contribution in [3.63, 3.8) is 0 Å². The standard InChI is InChI=1S/C25H27N9O/c1-4-21(33-23(26-3)20-7-5-6-16(2)29-20)32-22-12-13-28-25(34-22)31-19-10-8-18(9-11-19)30-24(35)17-14-27-15-17/h4-13,17,27H,3,14-15H2,1-2H3,(H,30,35)(H2,28,31,32,34)/b21-4-,33-23?. The van der Waals surface area contributed by atoms with E-state index in [1.807, 2.05) is 62.4 Å². The second-order valence-electron chi connectivity index (χ2n) is 7.87. The smallest absolute Gasteiger partial charge is 0.230 e. The molecule has 178 valence electrons. The monoisotopic (exact) mass is 469 g/mol. The lowest BCUT2D eigenvalue weighted by Crippen LogP contribution is -2.48. The number of aliphatic imine (C=N–C) groups is 2. The van der Waals surface area contributed by atoms with Gasteiger partial charge in [-0.3, -0.25) is 4.79 Å². The van der Waals surface area contributed by atoms with E-state index in [2.05, 4.69) is 52.9 Å². The summed E-state index contributed by atoms with van der Waals surface area (Å²) < 4.78 is 0. The molecule has 0 bridgehead atoms. The summed E-state index contributed by atoms with van der Waals surface area (Å²) in [4.78, 5) is 33.9. The third-order valence-electron chi connectivity index (χ3n) is 5.24. The van der Waals surface area contributed by atoms with Crippen LogP contribution in [0.25, 0.3) is 0 Å². The van der Waals surface area contributed by atoms with Crippen LogP contribution in [0.15, 0.2) is 76.6 Å². The predicted molar refractivity (Wildman–Crippen MR) is 139 cm³/mol. The van der Waals surface area contributed by atoms with Crippen LogP contribution < -0.4 is 21.3 Å². The van der Waals surface area contributed by atoms with Gasteiger partial charge in [0.05, 0.1) is 5.92 Å². The van der Waals surface area contributed by atoms with Crippen molar-refractivity contribution in [3.05, 3.63) is 78.0 Å². The van der Waals surface area contributed by atoms with Crippen molar-refractivity contribution in [1.82, 2.24) is 20.3 Å². The molecule has 1 fully saturated rings. The van der Waals surface area contributed by atoms with Gasteiger partial charge in [0.25, 0.3) is 0 Å². The van der Waals surface area contributed by atoms with Gasteiger partial charge in [0.1, 0.15) is 17.3 Å². The lowest BCUT2D eigenvalue weighted by Gasteiger charge is -2.25. The Kier molecular flexibility index (Phi) is 7.53. The Hall–Kier alpha value is -4.44. The van der Waals surface area contributed by atoms with Crippen LogP contribution in [0.2, 0.25) is 0 Å². The normalized spacial score (nSPS) is 14.1. The van der Waals surface area contributed by atoms with Crippen molar-refractivity contribution in [2.45, 2.75) is 13.8 Å². The number of pyridine rings is 1. The first-order valence-electron chi connectivity index (χ1n) is 11.2.